The average molecular weight is 403 g/mol. The first kappa shape index (κ1) is 15.6. The van der Waals surface area contributed by atoms with Crippen LogP contribution in [0.25, 0.3) is 10.9 Å². The number of halogens is 1. The minimum Gasteiger partial charge on any atom is -0.358 e. The van der Waals surface area contributed by atoms with Crippen molar-refractivity contribution in [3.05, 3.63) is 68.9 Å². The van der Waals surface area contributed by atoms with Crippen LogP contribution >= 0.6 is 22.6 Å². The van der Waals surface area contributed by atoms with E-state index < -0.39 is 0 Å². The molecule has 1 nitrogen and oxygen atoms in total. The zero-order valence-electron chi connectivity index (χ0n) is 13.6. The molecule has 22 heavy (non-hydrogen) atoms. The van der Waals surface area contributed by atoms with E-state index in [9.17, 15) is 0 Å². The second-order valence-electron chi connectivity index (χ2n) is 6.67. The Kier molecular flexibility index (Phi) is 4.06. The minimum absolute atomic E-state index is 0.0515. The third kappa shape index (κ3) is 2.58. The molecule has 3 rings (SSSR count). The number of aromatic amines is 1. The first-order chi connectivity index (χ1) is 10.4. The Balaban J connectivity index is 2.07. The SMILES string of the molecule is Cc1c(C(C)(C)C(C)c2ccc(I)cc2)[nH]c2ccccc12. The molecule has 1 unspecified atom stereocenters. The van der Waals surface area contributed by atoms with E-state index in [4.69, 9.17) is 0 Å². The molecule has 2 aromatic carbocycles. The molecule has 2 heteroatoms. The van der Waals surface area contributed by atoms with Crippen LogP contribution in [0.2, 0.25) is 0 Å². The maximum absolute atomic E-state index is 3.66. The van der Waals surface area contributed by atoms with Gasteiger partial charge in [-0.3, -0.25) is 0 Å². The molecule has 3 aromatic rings. The van der Waals surface area contributed by atoms with Crippen LogP contribution in [0.5, 0.6) is 0 Å². The third-order valence-electron chi connectivity index (χ3n) is 5.06. The highest BCUT2D eigenvalue weighted by atomic mass is 127. The maximum Gasteiger partial charge on any atom is 0.0458 e. The maximum atomic E-state index is 3.66. The van der Waals surface area contributed by atoms with Crippen LogP contribution in [0.4, 0.5) is 0 Å². The van der Waals surface area contributed by atoms with E-state index in [1.54, 1.807) is 0 Å². The van der Waals surface area contributed by atoms with Crippen molar-refractivity contribution in [2.45, 2.75) is 39.0 Å². The van der Waals surface area contributed by atoms with E-state index >= 15 is 0 Å². The molecule has 1 atom stereocenters. The number of hydrogen-bond donors (Lipinski definition) is 1. The summed E-state index contributed by atoms with van der Waals surface area (Å²) >= 11 is 2.36. The van der Waals surface area contributed by atoms with Crippen molar-refractivity contribution in [1.29, 1.82) is 0 Å². The normalized spacial score (nSPS) is 13.5. The van der Waals surface area contributed by atoms with Gasteiger partial charge >= 0.3 is 0 Å². The Morgan fingerprint density at radius 2 is 1.64 bits per heavy atom. The largest absolute Gasteiger partial charge is 0.358 e. The Morgan fingerprint density at radius 3 is 2.27 bits per heavy atom. The number of hydrogen-bond acceptors (Lipinski definition) is 0. The lowest BCUT2D eigenvalue weighted by Crippen LogP contribution is -2.26. The predicted octanol–water partition coefficient (Wildman–Crippen LogP) is 6.16. The zero-order chi connectivity index (χ0) is 15.9. The molecule has 1 N–H and O–H groups in total. The van der Waals surface area contributed by atoms with Gasteiger partial charge in [0.05, 0.1) is 0 Å². The highest BCUT2D eigenvalue weighted by molar-refractivity contribution is 14.1. The van der Waals surface area contributed by atoms with Gasteiger partial charge in [-0.15, -0.1) is 0 Å². The van der Waals surface area contributed by atoms with E-state index in [1.165, 1.54) is 31.3 Å². The van der Waals surface area contributed by atoms with Gasteiger partial charge in [0.2, 0.25) is 0 Å². The van der Waals surface area contributed by atoms with Gasteiger partial charge in [-0.2, -0.15) is 0 Å². The highest BCUT2D eigenvalue weighted by Crippen LogP contribution is 2.41. The monoisotopic (exact) mass is 403 g/mol. The number of aryl methyl sites for hydroxylation is 1. The summed E-state index contributed by atoms with van der Waals surface area (Å²) in [7, 11) is 0. The molecule has 1 aromatic heterocycles. The molecule has 1 heterocycles. The van der Waals surface area contributed by atoms with Crippen LogP contribution in [0.3, 0.4) is 0 Å². The van der Waals surface area contributed by atoms with Crippen molar-refractivity contribution < 1.29 is 0 Å². The summed E-state index contributed by atoms with van der Waals surface area (Å²) in [5.74, 6) is 0.441. The number of nitrogens with one attached hydrogen (secondary N) is 1. The van der Waals surface area contributed by atoms with Crippen LogP contribution in [0, 0.1) is 10.5 Å². The summed E-state index contributed by atoms with van der Waals surface area (Å²) in [5.41, 5.74) is 5.40. The summed E-state index contributed by atoms with van der Waals surface area (Å²) in [6.07, 6.45) is 0. The summed E-state index contributed by atoms with van der Waals surface area (Å²) < 4.78 is 1.29. The van der Waals surface area contributed by atoms with Gasteiger partial charge in [0.1, 0.15) is 0 Å². The Morgan fingerprint density at radius 1 is 1.00 bits per heavy atom. The van der Waals surface area contributed by atoms with Crippen molar-refractivity contribution in [2.24, 2.45) is 0 Å². The smallest absolute Gasteiger partial charge is 0.0458 e. The van der Waals surface area contributed by atoms with Gasteiger partial charge in [0, 0.05) is 25.6 Å². The molecular formula is C20H22IN. The Hall–Kier alpha value is -1.29. The summed E-state index contributed by atoms with van der Waals surface area (Å²) in [4.78, 5) is 3.66. The Labute approximate surface area is 146 Å². The summed E-state index contributed by atoms with van der Waals surface area (Å²) in [5, 5.41) is 1.33. The number of H-pyrrole nitrogens is 1. The molecule has 0 spiro atoms. The van der Waals surface area contributed by atoms with Gasteiger partial charge in [-0.1, -0.05) is 51.1 Å². The fraction of sp³-hybridized carbons (Fsp3) is 0.300. The molecule has 0 aliphatic rings. The molecule has 114 valence electrons. The van der Waals surface area contributed by atoms with Crippen LogP contribution in [-0.4, -0.2) is 4.98 Å². The second kappa shape index (κ2) is 5.73. The number of para-hydroxylation sites is 1. The lowest BCUT2D eigenvalue weighted by molar-refractivity contribution is 0.425. The number of rotatable bonds is 3. The molecule has 0 aliphatic heterocycles. The second-order valence-corrected chi connectivity index (χ2v) is 7.91. The van der Waals surface area contributed by atoms with E-state index in [-0.39, 0.29) is 5.41 Å². The van der Waals surface area contributed by atoms with Crippen LogP contribution in [0.15, 0.2) is 48.5 Å². The number of benzene rings is 2. The van der Waals surface area contributed by atoms with Gasteiger partial charge in [-0.05, 0) is 64.8 Å². The van der Waals surface area contributed by atoms with Gasteiger partial charge < -0.3 is 4.98 Å². The summed E-state index contributed by atoms with van der Waals surface area (Å²) in [6.45, 7) is 9.24. The topological polar surface area (TPSA) is 15.8 Å². The van der Waals surface area contributed by atoms with Crippen LogP contribution < -0.4 is 0 Å². The zero-order valence-corrected chi connectivity index (χ0v) is 15.7. The van der Waals surface area contributed by atoms with Crippen molar-refractivity contribution >= 4 is 33.5 Å². The van der Waals surface area contributed by atoms with E-state index in [1.807, 2.05) is 0 Å². The molecule has 0 fully saturated rings. The molecule has 0 amide bonds. The fourth-order valence-corrected chi connectivity index (χ4v) is 3.67. The van der Waals surface area contributed by atoms with E-state index in [0.29, 0.717) is 5.92 Å². The van der Waals surface area contributed by atoms with Crippen molar-refractivity contribution in [2.75, 3.05) is 0 Å². The van der Waals surface area contributed by atoms with Crippen LogP contribution in [-0.2, 0) is 5.41 Å². The predicted molar refractivity (Wildman–Crippen MR) is 104 cm³/mol. The van der Waals surface area contributed by atoms with Crippen molar-refractivity contribution in [3.63, 3.8) is 0 Å². The standard InChI is InChI=1S/C20H22IN/c1-13-17-7-5-6-8-18(17)22-19(13)20(3,4)14(2)15-9-11-16(21)12-10-15/h5-12,14,22H,1-4H3. The lowest BCUT2D eigenvalue weighted by atomic mass is 9.73. The third-order valence-corrected chi connectivity index (χ3v) is 5.78. The van der Waals surface area contributed by atoms with Crippen molar-refractivity contribution in [3.8, 4) is 0 Å². The fourth-order valence-electron chi connectivity index (χ4n) is 3.31. The Bertz CT molecular complexity index is 796. The molecule has 0 bridgehead atoms. The van der Waals surface area contributed by atoms with Gasteiger partial charge in [0.25, 0.3) is 0 Å². The van der Waals surface area contributed by atoms with E-state index in [2.05, 4.69) is 104 Å². The molecule has 0 saturated carbocycles. The van der Waals surface area contributed by atoms with Crippen LogP contribution in [0.1, 0.15) is 43.5 Å². The minimum atomic E-state index is 0.0515. The van der Waals surface area contributed by atoms with Crippen molar-refractivity contribution in [1.82, 2.24) is 4.98 Å². The number of fused-ring (bicyclic) bond motifs is 1. The quantitative estimate of drug-likeness (QED) is 0.504. The molecule has 0 aliphatic carbocycles. The lowest BCUT2D eigenvalue weighted by Gasteiger charge is -2.32. The first-order valence-corrected chi connectivity index (χ1v) is 8.82. The first-order valence-electron chi connectivity index (χ1n) is 7.74. The van der Waals surface area contributed by atoms with Gasteiger partial charge in [-0.25, -0.2) is 0 Å². The van der Waals surface area contributed by atoms with Gasteiger partial charge in [0.15, 0.2) is 0 Å². The average Bonchev–Trinajstić information content (AvgIpc) is 2.86. The molecular weight excluding hydrogens is 381 g/mol. The molecule has 0 radical (unpaired) electrons. The van der Waals surface area contributed by atoms with E-state index in [0.717, 1.165) is 0 Å². The number of aromatic nitrogens is 1. The highest BCUT2D eigenvalue weighted by Gasteiger charge is 2.32. The molecule has 0 saturated heterocycles. The summed E-state index contributed by atoms with van der Waals surface area (Å²) in [6, 6.07) is 17.5.